The van der Waals surface area contributed by atoms with Crippen molar-refractivity contribution in [3.63, 3.8) is 0 Å². The highest BCUT2D eigenvalue weighted by Crippen LogP contribution is 2.20. The molecular weight excluding hydrogens is 270 g/mol. The lowest BCUT2D eigenvalue weighted by atomic mass is 10.3. The van der Waals surface area contributed by atoms with Crippen LogP contribution >= 0.6 is 11.3 Å². The first kappa shape index (κ1) is 13.5. The van der Waals surface area contributed by atoms with Gasteiger partial charge >= 0.3 is 0 Å². The minimum atomic E-state index is -0.671. The maximum absolute atomic E-state index is 12.9. The lowest BCUT2D eigenvalue weighted by molar-refractivity contribution is 0.306. The van der Waals surface area contributed by atoms with Gasteiger partial charge in [-0.05, 0) is 12.1 Å². The molecule has 0 amide bonds. The zero-order chi connectivity index (χ0) is 13.7. The van der Waals surface area contributed by atoms with Crippen LogP contribution in [0.5, 0.6) is 5.75 Å². The number of thiophene rings is 1. The van der Waals surface area contributed by atoms with E-state index in [4.69, 9.17) is 9.84 Å². The van der Waals surface area contributed by atoms with Gasteiger partial charge < -0.3 is 9.84 Å². The minimum absolute atomic E-state index is 0.147. The number of aliphatic hydroxyl groups is 1. The largest absolute Gasteiger partial charge is 0.488 e. The number of hydrogen-bond acceptors (Lipinski definition) is 3. The van der Waals surface area contributed by atoms with E-state index in [1.54, 1.807) is 6.07 Å². The summed E-state index contributed by atoms with van der Waals surface area (Å²) in [5.41, 5.74) is 0. The van der Waals surface area contributed by atoms with Crippen LogP contribution in [0.3, 0.4) is 0 Å². The highest BCUT2D eigenvalue weighted by molar-refractivity contribution is 7.12. The molecule has 0 unspecified atom stereocenters. The van der Waals surface area contributed by atoms with E-state index >= 15 is 0 Å². The fourth-order valence-electron chi connectivity index (χ4n) is 1.42. The third-order valence-corrected chi connectivity index (χ3v) is 3.14. The third kappa shape index (κ3) is 4.05. The van der Waals surface area contributed by atoms with Crippen LogP contribution in [0.1, 0.15) is 9.75 Å². The van der Waals surface area contributed by atoms with Crippen molar-refractivity contribution < 1.29 is 18.6 Å². The fraction of sp³-hybridized carbons (Fsp3) is 0.143. The molecule has 0 saturated carbocycles. The van der Waals surface area contributed by atoms with Crippen LogP contribution in [0.2, 0.25) is 0 Å². The van der Waals surface area contributed by atoms with Gasteiger partial charge in [0.05, 0.1) is 4.88 Å². The number of ether oxygens (including phenoxy) is 1. The van der Waals surface area contributed by atoms with Crippen molar-refractivity contribution in [2.24, 2.45) is 0 Å². The van der Waals surface area contributed by atoms with Gasteiger partial charge in [0.2, 0.25) is 0 Å². The first-order chi connectivity index (χ1) is 9.17. The number of benzene rings is 1. The van der Waals surface area contributed by atoms with Gasteiger partial charge in [-0.1, -0.05) is 11.8 Å². The monoisotopic (exact) mass is 280 g/mol. The molecule has 0 saturated heterocycles. The quantitative estimate of drug-likeness (QED) is 0.876. The number of aliphatic hydroxyl groups excluding tert-OH is 1. The summed E-state index contributed by atoms with van der Waals surface area (Å²) in [6.45, 7) is 0.0284. The molecule has 2 rings (SSSR count). The van der Waals surface area contributed by atoms with Crippen LogP contribution in [-0.2, 0) is 6.61 Å². The topological polar surface area (TPSA) is 29.5 Å². The molecule has 19 heavy (non-hydrogen) atoms. The van der Waals surface area contributed by atoms with Crippen molar-refractivity contribution in [1.29, 1.82) is 0 Å². The van der Waals surface area contributed by atoms with Crippen molar-refractivity contribution in [2.45, 2.75) is 6.61 Å². The second-order valence-corrected chi connectivity index (χ2v) is 4.79. The first-order valence-corrected chi connectivity index (χ1v) is 6.26. The highest BCUT2D eigenvalue weighted by atomic mass is 32.1. The molecule has 0 spiro atoms. The molecule has 98 valence electrons. The predicted molar refractivity (Wildman–Crippen MR) is 69.0 cm³/mol. The lowest BCUT2D eigenvalue weighted by Crippen LogP contribution is -1.94. The maximum Gasteiger partial charge on any atom is 0.129 e. The molecule has 5 heteroatoms. The van der Waals surface area contributed by atoms with Crippen LogP contribution in [0.4, 0.5) is 8.78 Å². The smallest absolute Gasteiger partial charge is 0.129 e. The lowest BCUT2D eigenvalue weighted by Gasteiger charge is -2.04. The molecule has 0 fully saturated rings. The Balaban J connectivity index is 2.00. The Bertz CT molecular complexity index is 606. The molecule has 1 N–H and O–H groups in total. The SMILES string of the molecule is OCC#Cc1ccc(COc2cc(F)cc(F)c2)s1. The number of hydrogen-bond donors (Lipinski definition) is 1. The molecule has 1 aromatic heterocycles. The van der Waals surface area contributed by atoms with E-state index in [0.29, 0.717) is 0 Å². The molecule has 0 aliphatic heterocycles. The maximum atomic E-state index is 12.9. The van der Waals surface area contributed by atoms with E-state index in [1.807, 2.05) is 6.07 Å². The molecule has 2 nitrogen and oxygen atoms in total. The van der Waals surface area contributed by atoms with Gasteiger partial charge in [0, 0.05) is 23.1 Å². The Labute approximate surface area is 113 Å². The Morgan fingerprint density at radius 3 is 2.58 bits per heavy atom. The van der Waals surface area contributed by atoms with Gasteiger partial charge in [0.25, 0.3) is 0 Å². The summed E-state index contributed by atoms with van der Waals surface area (Å²) in [7, 11) is 0. The molecule has 1 aromatic carbocycles. The summed E-state index contributed by atoms with van der Waals surface area (Å²) < 4.78 is 31.2. The van der Waals surface area contributed by atoms with E-state index in [0.717, 1.165) is 28.0 Å². The summed E-state index contributed by atoms with van der Waals surface area (Å²) in [6.07, 6.45) is 0. The van der Waals surface area contributed by atoms with Gasteiger partial charge in [-0.15, -0.1) is 11.3 Å². The van der Waals surface area contributed by atoms with Crippen molar-refractivity contribution in [3.05, 3.63) is 51.7 Å². The van der Waals surface area contributed by atoms with Gasteiger partial charge in [0.1, 0.15) is 30.6 Å². The summed E-state index contributed by atoms with van der Waals surface area (Å²) in [5.74, 6) is 4.12. The summed E-state index contributed by atoms with van der Waals surface area (Å²) >= 11 is 1.40. The van der Waals surface area contributed by atoms with Gasteiger partial charge in [-0.3, -0.25) is 0 Å². The van der Waals surface area contributed by atoms with E-state index in [1.165, 1.54) is 11.3 Å². The number of halogens is 2. The van der Waals surface area contributed by atoms with Crippen molar-refractivity contribution in [2.75, 3.05) is 6.61 Å². The first-order valence-electron chi connectivity index (χ1n) is 5.45. The van der Waals surface area contributed by atoms with Crippen molar-refractivity contribution >= 4 is 11.3 Å². The summed E-state index contributed by atoms with van der Waals surface area (Å²) in [4.78, 5) is 1.69. The highest BCUT2D eigenvalue weighted by Gasteiger charge is 2.03. The molecule has 0 atom stereocenters. The Kier molecular flexibility index (Phi) is 4.50. The normalized spacial score (nSPS) is 9.84. The van der Waals surface area contributed by atoms with E-state index < -0.39 is 11.6 Å². The van der Waals surface area contributed by atoms with E-state index in [9.17, 15) is 8.78 Å². The summed E-state index contributed by atoms with van der Waals surface area (Å²) in [6, 6.07) is 6.67. The van der Waals surface area contributed by atoms with Crippen LogP contribution < -0.4 is 4.74 Å². The molecular formula is C14H10F2O2S. The van der Waals surface area contributed by atoms with E-state index in [-0.39, 0.29) is 19.0 Å². The third-order valence-electron chi connectivity index (χ3n) is 2.17. The molecule has 0 radical (unpaired) electrons. The average molecular weight is 280 g/mol. The molecule has 0 aliphatic rings. The zero-order valence-corrected chi connectivity index (χ0v) is 10.6. The van der Waals surface area contributed by atoms with Crippen LogP contribution in [0.15, 0.2) is 30.3 Å². The van der Waals surface area contributed by atoms with Gasteiger partial charge in [-0.2, -0.15) is 0 Å². The average Bonchev–Trinajstić information content (AvgIpc) is 2.81. The van der Waals surface area contributed by atoms with Crippen LogP contribution in [0, 0.1) is 23.5 Å². The fourth-order valence-corrected chi connectivity index (χ4v) is 2.21. The Hall–Kier alpha value is -1.90. The minimum Gasteiger partial charge on any atom is -0.488 e. The molecule has 0 bridgehead atoms. The Morgan fingerprint density at radius 1 is 1.16 bits per heavy atom. The molecule has 1 heterocycles. The van der Waals surface area contributed by atoms with Gasteiger partial charge in [0.15, 0.2) is 0 Å². The van der Waals surface area contributed by atoms with Crippen molar-refractivity contribution in [1.82, 2.24) is 0 Å². The van der Waals surface area contributed by atoms with Crippen LogP contribution in [-0.4, -0.2) is 11.7 Å². The molecule has 0 aliphatic carbocycles. The predicted octanol–water partition coefficient (Wildman–Crippen LogP) is 2.95. The van der Waals surface area contributed by atoms with Crippen molar-refractivity contribution in [3.8, 4) is 17.6 Å². The van der Waals surface area contributed by atoms with Gasteiger partial charge in [-0.25, -0.2) is 8.78 Å². The number of rotatable bonds is 3. The standard InChI is InChI=1S/C14H10F2O2S/c15-10-6-11(16)8-12(7-10)18-9-14-4-3-13(19-14)2-1-5-17/h3-4,6-8,17H,5,9H2. The second kappa shape index (κ2) is 6.32. The zero-order valence-electron chi connectivity index (χ0n) is 9.82. The molecule has 2 aromatic rings. The Morgan fingerprint density at radius 2 is 1.89 bits per heavy atom. The van der Waals surface area contributed by atoms with E-state index in [2.05, 4.69) is 11.8 Å². The summed E-state index contributed by atoms with van der Waals surface area (Å²) in [5, 5.41) is 8.57. The second-order valence-electron chi connectivity index (χ2n) is 3.62. The van der Waals surface area contributed by atoms with Crippen LogP contribution in [0.25, 0.3) is 0 Å².